The lowest BCUT2D eigenvalue weighted by molar-refractivity contribution is 0.0950. The highest BCUT2D eigenvalue weighted by atomic mass is 16.5. The fraction of sp³-hybridized carbons (Fsp3) is 0.208. The van der Waals surface area contributed by atoms with Crippen molar-refractivity contribution < 1.29 is 14.3 Å². The molecule has 0 saturated heterocycles. The molecule has 8 nitrogen and oxygen atoms in total. The fourth-order valence-corrected chi connectivity index (χ4v) is 3.44. The maximum Gasteiger partial charge on any atom is 0.289 e. The number of carbonyl (C=O) groups is 1. The molecule has 0 aliphatic heterocycles. The average molecular weight is 431 g/mol. The van der Waals surface area contributed by atoms with E-state index in [1.54, 1.807) is 19.4 Å². The van der Waals surface area contributed by atoms with Crippen molar-refractivity contribution >= 4 is 23.0 Å². The molecule has 3 N–H and O–H groups in total. The van der Waals surface area contributed by atoms with Gasteiger partial charge in [-0.1, -0.05) is 18.2 Å². The summed E-state index contributed by atoms with van der Waals surface area (Å²) < 4.78 is 11.2. The molecule has 0 unspecified atom stereocenters. The second-order valence-corrected chi connectivity index (χ2v) is 7.61. The Morgan fingerprint density at radius 3 is 2.75 bits per heavy atom. The monoisotopic (exact) mass is 431 g/mol. The van der Waals surface area contributed by atoms with E-state index in [4.69, 9.17) is 9.47 Å². The zero-order chi connectivity index (χ0) is 22.7. The van der Waals surface area contributed by atoms with Gasteiger partial charge in [0.05, 0.1) is 25.1 Å². The van der Waals surface area contributed by atoms with Crippen molar-refractivity contribution in [3.63, 3.8) is 0 Å². The molecule has 4 aromatic rings. The number of fused-ring (bicyclic) bond motifs is 1. The van der Waals surface area contributed by atoms with Gasteiger partial charge in [-0.25, -0.2) is 5.43 Å². The molecule has 0 aliphatic carbocycles. The molecule has 2 aromatic carbocycles. The van der Waals surface area contributed by atoms with Crippen LogP contribution in [0.1, 0.15) is 35.6 Å². The van der Waals surface area contributed by atoms with E-state index in [0.717, 1.165) is 27.7 Å². The minimum atomic E-state index is -0.385. The van der Waals surface area contributed by atoms with E-state index >= 15 is 0 Å². The van der Waals surface area contributed by atoms with Crippen LogP contribution in [0.2, 0.25) is 0 Å². The largest absolute Gasteiger partial charge is 0.493 e. The lowest BCUT2D eigenvalue weighted by atomic mass is 10.1. The first-order valence-corrected chi connectivity index (χ1v) is 10.3. The number of ether oxygens (including phenoxy) is 2. The Morgan fingerprint density at radius 1 is 1.16 bits per heavy atom. The highest BCUT2D eigenvalue weighted by molar-refractivity contribution is 6.01. The van der Waals surface area contributed by atoms with Gasteiger partial charge >= 0.3 is 0 Å². The van der Waals surface area contributed by atoms with Crippen LogP contribution in [0, 0.1) is 6.92 Å². The minimum Gasteiger partial charge on any atom is -0.493 e. The summed E-state index contributed by atoms with van der Waals surface area (Å²) >= 11 is 0. The first kappa shape index (κ1) is 21.2. The Hall–Kier alpha value is -4.07. The molecule has 4 rings (SSSR count). The first-order valence-electron chi connectivity index (χ1n) is 10.3. The van der Waals surface area contributed by atoms with Gasteiger partial charge in [-0.15, -0.1) is 0 Å². The van der Waals surface area contributed by atoms with E-state index < -0.39 is 0 Å². The van der Waals surface area contributed by atoms with Crippen molar-refractivity contribution in [2.24, 2.45) is 5.10 Å². The molecule has 0 spiro atoms. The lowest BCUT2D eigenvalue weighted by Gasteiger charge is -2.14. The number of methoxy groups -OCH3 is 1. The average Bonchev–Trinajstić information content (AvgIpc) is 3.39. The summed E-state index contributed by atoms with van der Waals surface area (Å²) in [4.78, 5) is 15.8. The topological polar surface area (TPSA) is 104 Å². The Bertz CT molecular complexity index is 1290. The van der Waals surface area contributed by atoms with Gasteiger partial charge in [0, 0.05) is 27.7 Å². The van der Waals surface area contributed by atoms with E-state index in [0.29, 0.717) is 22.9 Å². The van der Waals surface area contributed by atoms with Crippen LogP contribution in [0.4, 0.5) is 0 Å². The Labute approximate surface area is 185 Å². The van der Waals surface area contributed by atoms with Crippen molar-refractivity contribution in [1.82, 2.24) is 20.6 Å². The normalized spacial score (nSPS) is 11.4. The summed E-state index contributed by atoms with van der Waals surface area (Å²) in [6.45, 7) is 5.87. The smallest absolute Gasteiger partial charge is 0.289 e. The summed E-state index contributed by atoms with van der Waals surface area (Å²) in [5.41, 5.74) is 7.19. The van der Waals surface area contributed by atoms with Crippen molar-refractivity contribution in [2.45, 2.75) is 26.9 Å². The quantitative estimate of drug-likeness (QED) is 0.297. The SMILES string of the molecule is COc1cc(-c2cc(C(=O)N/N=C/c3c(C)[nH]c4ccccc34)[nH]n2)ccc1OC(C)C. The van der Waals surface area contributed by atoms with Gasteiger partial charge < -0.3 is 14.5 Å². The van der Waals surface area contributed by atoms with Crippen molar-refractivity contribution in [3.05, 3.63) is 65.5 Å². The van der Waals surface area contributed by atoms with Gasteiger partial charge in [-0.2, -0.15) is 10.2 Å². The number of hydrogen-bond acceptors (Lipinski definition) is 5. The second-order valence-electron chi connectivity index (χ2n) is 7.61. The van der Waals surface area contributed by atoms with Crippen LogP contribution in [-0.4, -0.2) is 40.5 Å². The second kappa shape index (κ2) is 8.97. The van der Waals surface area contributed by atoms with E-state index in [2.05, 4.69) is 25.7 Å². The number of hydrazone groups is 1. The molecule has 32 heavy (non-hydrogen) atoms. The standard InChI is InChI=1S/C24H25N5O3/c1-14(2)32-22-10-9-16(11-23(22)31-4)20-12-21(28-27-20)24(30)29-25-13-18-15(3)26-19-8-6-5-7-17(18)19/h5-14,26H,1-4H3,(H,27,28)(H,29,30)/b25-13+. The van der Waals surface area contributed by atoms with E-state index in [1.807, 2.05) is 63.2 Å². The number of para-hydroxylation sites is 1. The molecule has 2 heterocycles. The number of aromatic amines is 2. The van der Waals surface area contributed by atoms with Gasteiger partial charge in [0.25, 0.3) is 5.91 Å². The molecular weight excluding hydrogens is 406 g/mol. The summed E-state index contributed by atoms with van der Waals surface area (Å²) in [5.74, 6) is 0.870. The molecule has 0 fully saturated rings. The summed E-state index contributed by atoms with van der Waals surface area (Å²) in [7, 11) is 1.59. The highest BCUT2D eigenvalue weighted by Crippen LogP contribution is 2.32. The van der Waals surface area contributed by atoms with Crippen LogP contribution in [0.3, 0.4) is 0 Å². The van der Waals surface area contributed by atoms with Gasteiger partial charge in [0.1, 0.15) is 5.69 Å². The maximum absolute atomic E-state index is 12.5. The van der Waals surface area contributed by atoms with Crippen molar-refractivity contribution in [2.75, 3.05) is 7.11 Å². The molecule has 8 heteroatoms. The van der Waals surface area contributed by atoms with Crippen LogP contribution < -0.4 is 14.9 Å². The predicted octanol–water partition coefficient (Wildman–Crippen LogP) is 4.43. The summed E-state index contributed by atoms with van der Waals surface area (Å²) in [6.07, 6.45) is 1.67. The molecule has 0 atom stereocenters. The number of aromatic nitrogens is 3. The molecule has 0 radical (unpaired) electrons. The highest BCUT2D eigenvalue weighted by Gasteiger charge is 2.14. The summed E-state index contributed by atoms with van der Waals surface area (Å²) in [6, 6.07) is 15.1. The molecular formula is C24H25N5O3. The number of rotatable bonds is 7. The molecule has 0 saturated carbocycles. The molecule has 0 aliphatic rings. The van der Waals surface area contributed by atoms with Gasteiger partial charge in [-0.3, -0.25) is 9.89 Å². The third-order valence-electron chi connectivity index (χ3n) is 4.95. The van der Waals surface area contributed by atoms with Gasteiger partial charge in [-0.05, 0) is 51.1 Å². The number of nitrogens with one attached hydrogen (secondary N) is 3. The van der Waals surface area contributed by atoms with Crippen LogP contribution in [0.25, 0.3) is 22.2 Å². The van der Waals surface area contributed by atoms with Gasteiger partial charge in [0.2, 0.25) is 0 Å². The van der Waals surface area contributed by atoms with E-state index in [9.17, 15) is 4.79 Å². The Morgan fingerprint density at radius 2 is 1.97 bits per heavy atom. The fourth-order valence-electron chi connectivity index (χ4n) is 3.44. The third-order valence-corrected chi connectivity index (χ3v) is 4.95. The number of benzene rings is 2. The Kier molecular flexibility index (Phi) is 5.93. The lowest BCUT2D eigenvalue weighted by Crippen LogP contribution is -2.18. The number of carbonyl (C=O) groups excluding carboxylic acids is 1. The van der Waals surface area contributed by atoms with Crippen LogP contribution in [0.5, 0.6) is 11.5 Å². The van der Waals surface area contributed by atoms with Crippen LogP contribution >= 0.6 is 0 Å². The number of amides is 1. The number of aryl methyl sites for hydroxylation is 1. The maximum atomic E-state index is 12.5. The van der Waals surface area contributed by atoms with Crippen LogP contribution in [-0.2, 0) is 0 Å². The number of nitrogens with zero attached hydrogens (tertiary/aromatic N) is 2. The van der Waals surface area contributed by atoms with Gasteiger partial charge in [0.15, 0.2) is 11.5 Å². The molecule has 1 amide bonds. The predicted molar refractivity (Wildman–Crippen MR) is 124 cm³/mol. The number of H-pyrrole nitrogens is 2. The zero-order valence-electron chi connectivity index (χ0n) is 18.4. The summed E-state index contributed by atoms with van der Waals surface area (Å²) in [5, 5.41) is 12.2. The third kappa shape index (κ3) is 4.34. The number of hydrogen-bond donors (Lipinski definition) is 3. The zero-order valence-corrected chi connectivity index (χ0v) is 18.4. The van der Waals surface area contributed by atoms with Crippen molar-refractivity contribution in [3.8, 4) is 22.8 Å². The first-order chi connectivity index (χ1) is 15.5. The molecule has 0 bridgehead atoms. The Balaban J connectivity index is 1.48. The van der Waals surface area contributed by atoms with Crippen LogP contribution in [0.15, 0.2) is 53.6 Å². The molecule has 164 valence electrons. The van der Waals surface area contributed by atoms with Crippen molar-refractivity contribution in [1.29, 1.82) is 0 Å². The van der Waals surface area contributed by atoms with E-state index in [-0.39, 0.29) is 12.0 Å². The molecule has 2 aromatic heterocycles. The van der Waals surface area contributed by atoms with E-state index in [1.165, 1.54) is 0 Å². The minimum absolute atomic E-state index is 0.0315.